The molecule has 5 nitrogen and oxygen atoms in total. The number of likely N-dealkylation sites (tertiary alicyclic amines) is 1. The minimum Gasteiger partial charge on any atom is -0.342 e. The smallest absolute Gasteiger partial charge is 0.230 e. The zero-order valence-electron chi connectivity index (χ0n) is 10.7. The summed E-state index contributed by atoms with van der Waals surface area (Å²) in [6, 6.07) is 7.56. The summed E-state index contributed by atoms with van der Waals surface area (Å²) in [7, 11) is 0. The number of amides is 1. The molecule has 0 aliphatic carbocycles. The van der Waals surface area contributed by atoms with Crippen LogP contribution >= 0.6 is 0 Å². The van der Waals surface area contributed by atoms with Crippen molar-refractivity contribution in [1.29, 1.82) is 0 Å². The molecule has 0 radical (unpaired) electrons. The highest BCUT2D eigenvalue weighted by Gasteiger charge is 2.18. The van der Waals surface area contributed by atoms with Crippen LogP contribution in [-0.4, -0.2) is 39.1 Å². The minimum absolute atomic E-state index is 0.108. The predicted octanol–water partition coefficient (Wildman–Crippen LogP) is 1.58. The van der Waals surface area contributed by atoms with Crippen LogP contribution in [0.3, 0.4) is 0 Å². The van der Waals surface area contributed by atoms with E-state index >= 15 is 0 Å². The maximum absolute atomic E-state index is 12.1. The van der Waals surface area contributed by atoms with Gasteiger partial charge in [0.25, 0.3) is 0 Å². The molecule has 3 rings (SSSR count). The lowest BCUT2D eigenvalue weighted by molar-refractivity contribution is -0.131. The fourth-order valence-electron chi connectivity index (χ4n) is 2.38. The van der Waals surface area contributed by atoms with Crippen LogP contribution in [-0.2, 0) is 11.2 Å². The number of carbonyl (C=O) groups excluding carboxylic acids is 1. The van der Waals surface area contributed by atoms with E-state index in [-0.39, 0.29) is 12.3 Å². The zero-order chi connectivity index (χ0) is 13.1. The Balaban J connectivity index is 1.75. The number of carbonyl (C=O) groups is 1. The number of hydrogen-bond donors (Lipinski definition) is 0. The number of para-hydroxylation sites is 1. The number of fused-ring (bicyclic) bond motifs is 1. The van der Waals surface area contributed by atoms with Crippen LogP contribution in [0.25, 0.3) is 11.0 Å². The molecule has 2 aromatic rings. The molecule has 0 unspecified atom stereocenters. The van der Waals surface area contributed by atoms with Gasteiger partial charge in [0.15, 0.2) is 5.82 Å². The van der Waals surface area contributed by atoms with E-state index in [1.807, 2.05) is 29.2 Å². The van der Waals surface area contributed by atoms with Crippen LogP contribution in [0, 0.1) is 0 Å². The van der Waals surface area contributed by atoms with E-state index in [4.69, 9.17) is 0 Å². The van der Waals surface area contributed by atoms with Gasteiger partial charge in [0.1, 0.15) is 5.52 Å². The monoisotopic (exact) mass is 256 g/mol. The van der Waals surface area contributed by atoms with Gasteiger partial charge in [-0.3, -0.25) is 4.79 Å². The number of hydrogen-bond acceptors (Lipinski definition) is 4. The fraction of sp³-hybridized carbons (Fsp3) is 0.429. The number of piperidine rings is 1. The molecule has 1 amide bonds. The Bertz CT molecular complexity index is 593. The molecule has 0 atom stereocenters. The molecule has 98 valence electrons. The Morgan fingerprint density at radius 2 is 1.79 bits per heavy atom. The molecule has 0 bridgehead atoms. The summed E-state index contributed by atoms with van der Waals surface area (Å²) < 4.78 is 0. The molecule has 0 saturated carbocycles. The Hall–Kier alpha value is -2.04. The Morgan fingerprint density at radius 3 is 2.58 bits per heavy atom. The number of rotatable bonds is 2. The van der Waals surface area contributed by atoms with E-state index in [0.717, 1.165) is 37.0 Å². The van der Waals surface area contributed by atoms with Gasteiger partial charge >= 0.3 is 0 Å². The van der Waals surface area contributed by atoms with E-state index in [9.17, 15) is 4.79 Å². The van der Waals surface area contributed by atoms with Crippen molar-refractivity contribution in [3.05, 3.63) is 30.1 Å². The third-order valence-corrected chi connectivity index (χ3v) is 3.42. The van der Waals surface area contributed by atoms with Crippen molar-refractivity contribution >= 4 is 16.9 Å². The van der Waals surface area contributed by atoms with Crippen LogP contribution in [0.1, 0.15) is 25.1 Å². The molecule has 1 saturated heterocycles. The second kappa shape index (κ2) is 5.30. The first-order valence-electron chi connectivity index (χ1n) is 6.69. The third-order valence-electron chi connectivity index (χ3n) is 3.42. The largest absolute Gasteiger partial charge is 0.342 e. The lowest BCUT2D eigenvalue weighted by Crippen LogP contribution is -2.36. The van der Waals surface area contributed by atoms with Gasteiger partial charge in [-0.05, 0) is 31.4 Å². The molecule has 1 aliphatic rings. The summed E-state index contributed by atoms with van der Waals surface area (Å²) in [4.78, 5) is 18.4. The molecule has 1 aliphatic heterocycles. The minimum atomic E-state index is 0.108. The maximum Gasteiger partial charge on any atom is 0.230 e. The Labute approximate surface area is 111 Å². The second-order valence-corrected chi connectivity index (χ2v) is 4.83. The highest BCUT2D eigenvalue weighted by molar-refractivity contribution is 5.79. The van der Waals surface area contributed by atoms with Crippen molar-refractivity contribution in [1.82, 2.24) is 20.1 Å². The normalized spacial score (nSPS) is 15.7. The van der Waals surface area contributed by atoms with Crippen molar-refractivity contribution in [3.8, 4) is 0 Å². The first-order chi connectivity index (χ1) is 9.33. The SMILES string of the molecule is O=C(Cc1nnc2ccccc2n1)N1CCCCC1. The van der Waals surface area contributed by atoms with Crippen LogP contribution in [0.5, 0.6) is 0 Å². The van der Waals surface area contributed by atoms with Gasteiger partial charge < -0.3 is 4.90 Å². The summed E-state index contributed by atoms with van der Waals surface area (Å²) in [5, 5.41) is 8.13. The highest BCUT2D eigenvalue weighted by atomic mass is 16.2. The molecule has 1 aromatic heterocycles. The average molecular weight is 256 g/mol. The van der Waals surface area contributed by atoms with E-state index in [1.165, 1.54) is 6.42 Å². The van der Waals surface area contributed by atoms with Crippen LogP contribution < -0.4 is 0 Å². The quantitative estimate of drug-likeness (QED) is 0.818. The molecule has 0 N–H and O–H groups in total. The standard InChI is InChI=1S/C14H16N4O/c19-14(18-8-4-1-5-9-18)10-13-15-11-6-2-3-7-12(11)16-17-13/h2-3,6-7H,1,4-5,8-10H2. The highest BCUT2D eigenvalue weighted by Crippen LogP contribution is 2.11. The summed E-state index contributed by atoms with van der Waals surface area (Å²) in [6.07, 6.45) is 3.67. The van der Waals surface area contributed by atoms with Crippen LogP contribution in [0.15, 0.2) is 24.3 Å². The Kier molecular flexibility index (Phi) is 3.35. The van der Waals surface area contributed by atoms with Gasteiger partial charge in [-0.1, -0.05) is 12.1 Å². The molecule has 5 heteroatoms. The van der Waals surface area contributed by atoms with Gasteiger partial charge in [0.05, 0.1) is 11.9 Å². The zero-order valence-corrected chi connectivity index (χ0v) is 10.7. The molecular formula is C14H16N4O. The molecule has 0 spiro atoms. The fourth-order valence-corrected chi connectivity index (χ4v) is 2.38. The molecular weight excluding hydrogens is 240 g/mol. The summed E-state index contributed by atoms with van der Waals surface area (Å²) in [5.74, 6) is 0.617. The van der Waals surface area contributed by atoms with Gasteiger partial charge in [0, 0.05) is 13.1 Å². The van der Waals surface area contributed by atoms with E-state index in [1.54, 1.807) is 0 Å². The number of benzene rings is 1. The summed E-state index contributed by atoms with van der Waals surface area (Å²) in [5.41, 5.74) is 1.55. The van der Waals surface area contributed by atoms with Gasteiger partial charge in [-0.25, -0.2) is 4.98 Å². The number of nitrogens with zero attached hydrogens (tertiary/aromatic N) is 4. The number of aromatic nitrogens is 3. The molecule has 1 fully saturated rings. The lowest BCUT2D eigenvalue weighted by Gasteiger charge is -2.26. The topological polar surface area (TPSA) is 59.0 Å². The van der Waals surface area contributed by atoms with E-state index in [0.29, 0.717) is 5.82 Å². The third kappa shape index (κ3) is 2.70. The molecule has 2 heterocycles. The Morgan fingerprint density at radius 1 is 1.05 bits per heavy atom. The summed E-state index contributed by atoms with van der Waals surface area (Å²) in [6.45, 7) is 1.72. The average Bonchev–Trinajstić information content (AvgIpc) is 2.48. The van der Waals surface area contributed by atoms with Crippen molar-refractivity contribution < 1.29 is 4.79 Å². The first kappa shape index (κ1) is 12.0. The molecule has 1 aromatic carbocycles. The van der Waals surface area contributed by atoms with E-state index in [2.05, 4.69) is 15.2 Å². The van der Waals surface area contributed by atoms with Crippen molar-refractivity contribution in [3.63, 3.8) is 0 Å². The second-order valence-electron chi connectivity index (χ2n) is 4.83. The summed E-state index contributed by atoms with van der Waals surface area (Å²) >= 11 is 0. The first-order valence-corrected chi connectivity index (χ1v) is 6.69. The van der Waals surface area contributed by atoms with Crippen LogP contribution in [0.4, 0.5) is 0 Å². The predicted molar refractivity (Wildman–Crippen MR) is 71.5 cm³/mol. The van der Waals surface area contributed by atoms with Gasteiger partial charge in [0.2, 0.25) is 5.91 Å². The van der Waals surface area contributed by atoms with Crippen molar-refractivity contribution in [2.75, 3.05) is 13.1 Å². The van der Waals surface area contributed by atoms with Crippen molar-refractivity contribution in [2.24, 2.45) is 0 Å². The maximum atomic E-state index is 12.1. The van der Waals surface area contributed by atoms with Gasteiger partial charge in [-0.15, -0.1) is 10.2 Å². The van der Waals surface area contributed by atoms with Crippen molar-refractivity contribution in [2.45, 2.75) is 25.7 Å². The lowest BCUT2D eigenvalue weighted by atomic mass is 10.1. The van der Waals surface area contributed by atoms with Crippen LogP contribution in [0.2, 0.25) is 0 Å². The molecule has 19 heavy (non-hydrogen) atoms. The van der Waals surface area contributed by atoms with Gasteiger partial charge in [-0.2, -0.15) is 0 Å². The van der Waals surface area contributed by atoms with E-state index < -0.39 is 0 Å².